The van der Waals surface area contributed by atoms with Gasteiger partial charge in [-0.1, -0.05) is 12.1 Å². The van der Waals surface area contributed by atoms with Crippen LogP contribution in [0.1, 0.15) is 19.3 Å². The van der Waals surface area contributed by atoms with E-state index in [1.54, 1.807) is 0 Å². The number of hydrogen-bond donors (Lipinski definition) is 2. The van der Waals surface area contributed by atoms with Crippen molar-refractivity contribution in [2.75, 3.05) is 26.2 Å². The van der Waals surface area contributed by atoms with Crippen LogP contribution in [-0.2, 0) is 4.79 Å². The summed E-state index contributed by atoms with van der Waals surface area (Å²) < 4.78 is 11.2. The first kappa shape index (κ1) is 16.9. The molecule has 2 aliphatic rings. The van der Waals surface area contributed by atoms with Gasteiger partial charge in [-0.3, -0.25) is 4.79 Å². The van der Waals surface area contributed by atoms with Gasteiger partial charge >= 0.3 is 0 Å². The molecule has 0 saturated carbocycles. The van der Waals surface area contributed by atoms with Gasteiger partial charge in [-0.2, -0.15) is 0 Å². The van der Waals surface area contributed by atoms with E-state index >= 15 is 0 Å². The largest absolute Gasteiger partial charge is 0.485 e. The highest BCUT2D eigenvalue weighted by Crippen LogP contribution is 2.30. The van der Waals surface area contributed by atoms with Crippen LogP contribution in [-0.4, -0.2) is 38.3 Å². The van der Waals surface area contributed by atoms with E-state index in [2.05, 4.69) is 10.6 Å². The third-order valence-corrected chi connectivity index (χ3v) is 4.05. The number of carbonyl (C=O) groups is 1. The third-order valence-electron chi connectivity index (χ3n) is 4.05. The molecule has 2 aliphatic heterocycles. The Balaban J connectivity index is 0.00000176. The van der Waals surface area contributed by atoms with Crippen LogP contribution in [0.15, 0.2) is 24.3 Å². The van der Waals surface area contributed by atoms with E-state index in [1.807, 2.05) is 24.3 Å². The lowest BCUT2D eigenvalue weighted by Gasteiger charge is -2.26. The SMILES string of the molecule is Cl.O=C(NCCC1CCCNC1)C1COc2ccccc2O1. The molecule has 2 atom stereocenters. The summed E-state index contributed by atoms with van der Waals surface area (Å²) in [4.78, 5) is 12.1. The van der Waals surface area contributed by atoms with Gasteiger partial charge in [0.15, 0.2) is 11.5 Å². The number of carbonyl (C=O) groups excluding carboxylic acids is 1. The van der Waals surface area contributed by atoms with Crippen molar-refractivity contribution in [2.45, 2.75) is 25.4 Å². The number of para-hydroxylation sites is 2. The number of rotatable bonds is 4. The monoisotopic (exact) mass is 326 g/mol. The van der Waals surface area contributed by atoms with Crippen molar-refractivity contribution >= 4 is 18.3 Å². The van der Waals surface area contributed by atoms with Crippen LogP contribution < -0.4 is 20.1 Å². The molecule has 2 N–H and O–H groups in total. The van der Waals surface area contributed by atoms with Crippen molar-refractivity contribution in [3.05, 3.63) is 24.3 Å². The van der Waals surface area contributed by atoms with Gasteiger partial charge in [0.05, 0.1) is 0 Å². The molecule has 0 radical (unpaired) electrons. The lowest BCUT2D eigenvalue weighted by Crippen LogP contribution is -2.44. The minimum atomic E-state index is -0.551. The van der Waals surface area contributed by atoms with Gasteiger partial charge < -0.3 is 20.1 Å². The second-order valence-electron chi connectivity index (χ2n) is 5.66. The Kier molecular flexibility index (Phi) is 6.34. The zero-order valence-corrected chi connectivity index (χ0v) is 13.4. The maximum Gasteiger partial charge on any atom is 0.264 e. The summed E-state index contributed by atoms with van der Waals surface area (Å²) in [6, 6.07) is 7.43. The van der Waals surface area contributed by atoms with Crippen LogP contribution >= 0.6 is 12.4 Å². The molecular weight excluding hydrogens is 304 g/mol. The predicted octanol–water partition coefficient (Wildman–Crippen LogP) is 1.75. The molecule has 1 aromatic carbocycles. The molecule has 0 aromatic heterocycles. The van der Waals surface area contributed by atoms with Crippen molar-refractivity contribution in [3.8, 4) is 11.5 Å². The van der Waals surface area contributed by atoms with Crippen LogP contribution in [0.5, 0.6) is 11.5 Å². The van der Waals surface area contributed by atoms with Crippen LogP contribution in [0, 0.1) is 5.92 Å². The predicted molar refractivity (Wildman–Crippen MR) is 86.8 cm³/mol. The van der Waals surface area contributed by atoms with Gasteiger partial charge in [0.1, 0.15) is 6.61 Å². The highest BCUT2D eigenvalue weighted by atomic mass is 35.5. The molecule has 1 saturated heterocycles. The van der Waals surface area contributed by atoms with Crippen LogP contribution in [0.3, 0.4) is 0 Å². The highest BCUT2D eigenvalue weighted by Gasteiger charge is 2.27. The normalized spacial score (nSPS) is 23.3. The smallest absolute Gasteiger partial charge is 0.264 e. The average Bonchev–Trinajstić information content (AvgIpc) is 2.55. The number of piperidine rings is 1. The second-order valence-corrected chi connectivity index (χ2v) is 5.66. The minimum absolute atomic E-state index is 0. The van der Waals surface area contributed by atoms with E-state index in [-0.39, 0.29) is 24.9 Å². The summed E-state index contributed by atoms with van der Waals surface area (Å²) in [7, 11) is 0. The number of benzene rings is 1. The maximum atomic E-state index is 12.1. The summed E-state index contributed by atoms with van der Waals surface area (Å²) in [5, 5.41) is 6.35. The highest BCUT2D eigenvalue weighted by molar-refractivity contribution is 5.85. The topological polar surface area (TPSA) is 59.6 Å². The second kappa shape index (κ2) is 8.25. The van der Waals surface area contributed by atoms with E-state index in [1.165, 1.54) is 12.8 Å². The average molecular weight is 327 g/mol. The molecule has 2 heterocycles. The lowest BCUT2D eigenvalue weighted by atomic mass is 9.96. The molecule has 0 aliphatic carbocycles. The molecule has 1 aromatic rings. The standard InChI is InChI=1S/C16H22N2O3.ClH/c19-16(18-9-7-12-4-3-8-17-10-12)15-11-20-13-5-1-2-6-14(13)21-15;/h1-2,5-6,12,15,17H,3-4,7-11H2,(H,18,19);1H. The number of halogens is 1. The first-order valence-corrected chi connectivity index (χ1v) is 7.70. The molecule has 3 rings (SSSR count). The fraction of sp³-hybridized carbons (Fsp3) is 0.562. The van der Waals surface area contributed by atoms with E-state index in [9.17, 15) is 4.79 Å². The molecule has 2 unspecified atom stereocenters. The summed E-state index contributed by atoms with van der Waals surface area (Å²) in [6.45, 7) is 3.16. The van der Waals surface area contributed by atoms with Crippen molar-refractivity contribution in [2.24, 2.45) is 5.92 Å². The molecule has 0 bridgehead atoms. The van der Waals surface area contributed by atoms with E-state index in [0.29, 0.717) is 24.0 Å². The number of amides is 1. The molecule has 1 fully saturated rings. The Morgan fingerprint density at radius 1 is 1.32 bits per heavy atom. The van der Waals surface area contributed by atoms with E-state index in [4.69, 9.17) is 9.47 Å². The maximum absolute atomic E-state index is 12.1. The Bertz CT molecular complexity index is 492. The summed E-state index contributed by atoms with van der Waals surface area (Å²) in [5.74, 6) is 1.92. The van der Waals surface area contributed by atoms with E-state index < -0.39 is 6.10 Å². The number of fused-ring (bicyclic) bond motifs is 1. The van der Waals surface area contributed by atoms with Gasteiger partial charge in [0.25, 0.3) is 5.91 Å². The van der Waals surface area contributed by atoms with Crippen LogP contribution in [0.2, 0.25) is 0 Å². The fourth-order valence-corrected chi connectivity index (χ4v) is 2.83. The molecule has 0 spiro atoms. The number of ether oxygens (including phenoxy) is 2. The molecular formula is C16H23ClN2O3. The van der Waals surface area contributed by atoms with E-state index in [0.717, 1.165) is 19.5 Å². The van der Waals surface area contributed by atoms with Crippen LogP contribution in [0.4, 0.5) is 0 Å². The van der Waals surface area contributed by atoms with Crippen LogP contribution in [0.25, 0.3) is 0 Å². The summed E-state index contributed by atoms with van der Waals surface area (Å²) in [6.07, 6.45) is 2.95. The zero-order valence-electron chi connectivity index (χ0n) is 12.5. The zero-order chi connectivity index (χ0) is 14.5. The molecule has 5 nitrogen and oxygen atoms in total. The molecule has 122 valence electrons. The minimum Gasteiger partial charge on any atom is -0.485 e. The summed E-state index contributed by atoms with van der Waals surface area (Å²) in [5.41, 5.74) is 0. The quantitative estimate of drug-likeness (QED) is 0.885. The van der Waals surface area contributed by atoms with Crippen molar-refractivity contribution in [3.63, 3.8) is 0 Å². The third kappa shape index (κ3) is 4.27. The first-order chi connectivity index (χ1) is 10.3. The van der Waals surface area contributed by atoms with Gasteiger partial charge in [-0.15, -0.1) is 12.4 Å². The number of nitrogens with one attached hydrogen (secondary N) is 2. The molecule has 1 amide bonds. The van der Waals surface area contributed by atoms with Crippen molar-refractivity contribution in [1.29, 1.82) is 0 Å². The van der Waals surface area contributed by atoms with Crippen molar-refractivity contribution < 1.29 is 14.3 Å². The Morgan fingerprint density at radius 2 is 2.14 bits per heavy atom. The van der Waals surface area contributed by atoms with Gasteiger partial charge in [-0.25, -0.2) is 0 Å². The van der Waals surface area contributed by atoms with Gasteiger partial charge in [0, 0.05) is 6.54 Å². The lowest BCUT2D eigenvalue weighted by molar-refractivity contribution is -0.130. The molecule has 6 heteroatoms. The summed E-state index contributed by atoms with van der Waals surface area (Å²) >= 11 is 0. The Morgan fingerprint density at radius 3 is 2.91 bits per heavy atom. The van der Waals surface area contributed by atoms with Crippen molar-refractivity contribution in [1.82, 2.24) is 10.6 Å². The fourth-order valence-electron chi connectivity index (χ4n) is 2.83. The van der Waals surface area contributed by atoms with Gasteiger partial charge in [0.2, 0.25) is 6.10 Å². The first-order valence-electron chi connectivity index (χ1n) is 7.70. The Hall–Kier alpha value is -1.46. The number of hydrogen-bond acceptors (Lipinski definition) is 4. The molecule has 22 heavy (non-hydrogen) atoms. The van der Waals surface area contributed by atoms with Gasteiger partial charge in [-0.05, 0) is 50.4 Å². The Labute approximate surface area is 137 Å².